The minimum atomic E-state index is -4.23. The van der Waals surface area contributed by atoms with E-state index < -0.39 is 32.7 Å². The van der Waals surface area contributed by atoms with Crippen LogP contribution in [0.3, 0.4) is 0 Å². The Balaban J connectivity index is 1.39. The summed E-state index contributed by atoms with van der Waals surface area (Å²) in [6, 6.07) is 19.6. The molecule has 0 aliphatic carbocycles. The monoisotopic (exact) mass is 477 g/mol. The molecular weight excluding hydrogens is 453 g/mol. The Morgan fingerprint density at radius 3 is 2.53 bits per heavy atom. The summed E-state index contributed by atoms with van der Waals surface area (Å²) in [5, 5.41) is 3.99. The van der Waals surface area contributed by atoms with Crippen LogP contribution in [0.4, 0.5) is 4.39 Å². The number of amides is 1. The number of halogens is 1. The van der Waals surface area contributed by atoms with E-state index in [4.69, 9.17) is 0 Å². The number of fused-ring (bicyclic) bond motifs is 2. The first-order chi connectivity index (χ1) is 16.4. The normalized spacial score (nSPS) is 16.3. The van der Waals surface area contributed by atoms with E-state index in [0.717, 1.165) is 38.0 Å². The van der Waals surface area contributed by atoms with Gasteiger partial charge in [-0.2, -0.15) is 4.31 Å². The molecule has 2 N–H and O–H groups in total. The number of carbonyl (C=O) groups is 1. The molecule has 2 heterocycles. The second-order valence-electron chi connectivity index (χ2n) is 8.37. The van der Waals surface area contributed by atoms with Crippen molar-refractivity contribution in [2.75, 3.05) is 6.54 Å². The maximum absolute atomic E-state index is 14.4. The summed E-state index contributed by atoms with van der Waals surface area (Å²) in [7, 11) is -4.23. The number of H-pyrrole nitrogens is 1. The first kappa shape index (κ1) is 22.3. The van der Waals surface area contributed by atoms with Gasteiger partial charge in [0, 0.05) is 30.2 Å². The van der Waals surface area contributed by atoms with Gasteiger partial charge in [-0.25, -0.2) is 12.8 Å². The Morgan fingerprint density at radius 1 is 1.00 bits per heavy atom. The summed E-state index contributed by atoms with van der Waals surface area (Å²) in [5.74, 6) is -1.23. The third-order valence-corrected chi connectivity index (χ3v) is 8.19. The van der Waals surface area contributed by atoms with E-state index in [2.05, 4.69) is 10.3 Å². The lowest BCUT2D eigenvalue weighted by atomic mass is 9.95. The van der Waals surface area contributed by atoms with Crippen molar-refractivity contribution >= 4 is 26.8 Å². The van der Waals surface area contributed by atoms with Gasteiger partial charge in [-0.3, -0.25) is 4.79 Å². The van der Waals surface area contributed by atoms with Crippen molar-refractivity contribution in [1.82, 2.24) is 14.6 Å². The summed E-state index contributed by atoms with van der Waals surface area (Å²) < 4.78 is 42.4. The number of rotatable bonds is 6. The molecule has 1 aliphatic rings. The van der Waals surface area contributed by atoms with Gasteiger partial charge in [0.25, 0.3) is 0 Å². The molecule has 0 saturated heterocycles. The van der Waals surface area contributed by atoms with Gasteiger partial charge < -0.3 is 10.3 Å². The van der Waals surface area contributed by atoms with E-state index in [1.165, 1.54) is 18.2 Å². The standard InChI is InChI=1S/C26H24FN3O3S/c27-22-10-4-6-12-25(22)34(32,33)30-17-20-8-2-1-7-18(20)15-24(30)26(31)28-14-13-19-16-29-23-11-5-3-9-21(19)23/h1-12,16,24,29H,13-15,17H2,(H,28,31)/t24-/m1/s1. The Morgan fingerprint density at radius 2 is 1.71 bits per heavy atom. The van der Waals surface area contributed by atoms with Gasteiger partial charge in [0.15, 0.2) is 0 Å². The lowest BCUT2D eigenvalue weighted by Gasteiger charge is -2.35. The van der Waals surface area contributed by atoms with E-state index in [-0.39, 0.29) is 13.0 Å². The number of nitrogens with zero attached hydrogens (tertiary/aromatic N) is 1. The molecule has 1 aromatic heterocycles. The largest absolute Gasteiger partial charge is 0.361 e. The third-order valence-electron chi connectivity index (χ3n) is 6.30. The number of benzene rings is 3. The summed E-state index contributed by atoms with van der Waals surface area (Å²) in [6.45, 7) is 0.361. The van der Waals surface area contributed by atoms with Crippen LogP contribution in [-0.2, 0) is 34.2 Å². The number of carbonyl (C=O) groups excluding carboxylic acids is 1. The molecule has 3 aromatic carbocycles. The summed E-state index contributed by atoms with van der Waals surface area (Å²) in [4.78, 5) is 16.0. The van der Waals surface area contributed by atoms with Crippen LogP contribution in [0, 0.1) is 5.82 Å². The summed E-state index contributed by atoms with van der Waals surface area (Å²) in [6.07, 6.45) is 2.74. The Kier molecular flexibility index (Phi) is 5.93. The zero-order valence-electron chi connectivity index (χ0n) is 18.4. The van der Waals surface area contributed by atoms with E-state index >= 15 is 0 Å². The Labute approximate surface area is 197 Å². The van der Waals surface area contributed by atoms with Crippen LogP contribution in [0.25, 0.3) is 10.9 Å². The fourth-order valence-corrected chi connectivity index (χ4v) is 6.16. The van der Waals surface area contributed by atoms with Crippen LogP contribution < -0.4 is 5.32 Å². The number of nitrogens with one attached hydrogen (secondary N) is 2. The molecule has 34 heavy (non-hydrogen) atoms. The number of hydrogen-bond acceptors (Lipinski definition) is 3. The first-order valence-electron chi connectivity index (χ1n) is 11.1. The zero-order chi connectivity index (χ0) is 23.7. The quantitative estimate of drug-likeness (QED) is 0.443. The second-order valence-corrected chi connectivity index (χ2v) is 10.2. The predicted molar refractivity (Wildman–Crippen MR) is 128 cm³/mol. The van der Waals surface area contributed by atoms with Crippen LogP contribution >= 0.6 is 0 Å². The molecule has 0 bridgehead atoms. The van der Waals surface area contributed by atoms with E-state index in [1.807, 2.05) is 54.7 Å². The number of aromatic amines is 1. The van der Waals surface area contributed by atoms with Crippen molar-refractivity contribution < 1.29 is 17.6 Å². The molecule has 4 aromatic rings. The fraction of sp³-hybridized carbons (Fsp3) is 0.192. The van der Waals surface area contributed by atoms with E-state index in [9.17, 15) is 17.6 Å². The van der Waals surface area contributed by atoms with Crippen LogP contribution in [0.15, 0.2) is 83.9 Å². The number of para-hydroxylation sites is 1. The maximum atomic E-state index is 14.4. The van der Waals surface area contributed by atoms with Crippen LogP contribution in [0.1, 0.15) is 16.7 Å². The SMILES string of the molecule is O=C(NCCc1c[nH]c2ccccc12)[C@H]1Cc2ccccc2CN1S(=O)(=O)c1ccccc1F. The van der Waals surface area contributed by atoms with Gasteiger partial charge in [0.05, 0.1) is 0 Å². The molecule has 1 amide bonds. The highest BCUT2D eigenvalue weighted by molar-refractivity contribution is 7.89. The van der Waals surface area contributed by atoms with Crippen LogP contribution in [0.5, 0.6) is 0 Å². The van der Waals surface area contributed by atoms with Gasteiger partial charge in [-0.1, -0.05) is 54.6 Å². The van der Waals surface area contributed by atoms with Crippen molar-refractivity contribution in [1.29, 1.82) is 0 Å². The van der Waals surface area contributed by atoms with Crippen molar-refractivity contribution in [3.05, 3.63) is 102 Å². The first-order valence-corrected chi connectivity index (χ1v) is 12.5. The molecule has 0 radical (unpaired) electrons. The zero-order valence-corrected chi connectivity index (χ0v) is 19.2. The highest BCUT2D eigenvalue weighted by atomic mass is 32.2. The van der Waals surface area contributed by atoms with E-state index in [1.54, 1.807) is 0 Å². The molecule has 1 atom stereocenters. The highest BCUT2D eigenvalue weighted by Gasteiger charge is 2.40. The minimum Gasteiger partial charge on any atom is -0.361 e. The molecule has 5 rings (SSSR count). The molecule has 0 unspecified atom stereocenters. The highest BCUT2D eigenvalue weighted by Crippen LogP contribution is 2.30. The van der Waals surface area contributed by atoms with Crippen molar-refractivity contribution in [2.24, 2.45) is 0 Å². The molecule has 0 saturated carbocycles. The molecule has 0 fully saturated rings. The molecule has 8 heteroatoms. The lowest BCUT2D eigenvalue weighted by Crippen LogP contribution is -2.52. The molecule has 6 nitrogen and oxygen atoms in total. The topological polar surface area (TPSA) is 82.3 Å². The van der Waals surface area contributed by atoms with Crippen molar-refractivity contribution in [3.63, 3.8) is 0 Å². The average molecular weight is 478 g/mol. The fourth-order valence-electron chi connectivity index (χ4n) is 4.53. The summed E-state index contributed by atoms with van der Waals surface area (Å²) >= 11 is 0. The molecule has 174 valence electrons. The average Bonchev–Trinajstić information content (AvgIpc) is 3.26. The van der Waals surface area contributed by atoms with E-state index in [0.29, 0.717) is 13.0 Å². The van der Waals surface area contributed by atoms with Gasteiger partial charge in [0.2, 0.25) is 15.9 Å². The van der Waals surface area contributed by atoms with Gasteiger partial charge in [-0.05, 0) is 47.7 Å². The smallest absolute Gasteiger partial charge is 0.247 e. The van der Waals surface area contributed by atoms with Gasteiger partial charge in [0.1, 0.15) is 16.8 Å². The van der Waals surface area contributed by atoms with Gasteiger partial charge >= 0.3 is 0 Å². The van der Waals surface area contributed by atoms with Gasteiger partial charge in [-0.15, -0.1) is 0 Å². The second kappa shape index (κ2) is 9.04. The third kappa shape index (κ3) is 4.10. The maximum Gasteiger partial charge on any atom is 0.247 e. The minimum absolute atomic E-state index is 0.00732. The summed E-state index contributed by atoms with van der Waals surface area (Å²) in [5.41, 5.74) is 3.82. The molecular formula is C26H24FN3O3S. The molecule has 1 aliphatic heterocycles. The van der Waals surface area contributed by atoms with Crippen molar-refractivity contribution in [2.45, 2.75) is 30.3 Å². The number of hydrogen-bond donors (Lipinski definition) is 2. The Bertz CT molecular complexity index is 1460. The molecule has 0 spiro atoms. The number of aromatic nitrogens is 1. The van der Waals surface area contributed by atoms with Crippen LogP contribution in [-0.4, -0.2) is 36.2 Å². The Hall–Kier alpha value is -3.49. The van der Waals surface area contributed by atoms with Crippen molar-refractivity contribution in [3.8, 4) is 0 Å². The predicted octanol–water partition coefficient (Wildman–Crippen LogP) is 3.78. The lowest BCUT2D eigenvalue weighted by molar-refractivity contribution is -0.125. The number of sulfonamides is 1. The van der Waals surface area contributed by atoms with Crippen LogP contribution in [0.2, 0.25) is 0 Å².